The molecule has 0 radical (unpaired) electrons. The van der Waals surface area contributed by atoms with Crippen molar-refractivity contribution in [1.82, 2.24) is 15.5 Å². The van der Waals surface area contributed by atoms with Crippen LogP contribution in [-0.2, 0) is 4.79 Å². The number of guanidine groups is 1. The monoisotopic (exact) mass is 544 g/mol. The van der Waals surface area contributed by atoms with Gasteiger partial charge >= 0.3 is 0 Å². The summed E-state index contributed by atoms with van der Waals surface area (Å²) in [5.41, 5.74) is 7.95. The molecule has 1 aliphatic heterocycles. The van der Waals surface area contributed by atoms with Crippen LogP contribution >= 0.6 is 24.0 Å². The number of halogens is 1. The van der Waals surface area contributed by atoms with Gasteiger partial charge in [-0.3, -0.25) is 9.79 Å². The molecule has 8 heteroatoms. The number of benzene rings is 1. The van der Waals surface area contributed by atoms with Gasteiger partial charge < -0.3 is 26.2 Å². The van der Waals surface area contributed by atoms with Gasteiger partial charge in [-0.1, -0.05) is 12.1 Å². The number of likely N-dealkylation sites (N-methyl/N-ethyl adjacent to an activating group) is 1. The van der Waals surface area contributed by atoms with E-state index in [2.05, 4.69) is 63.5 Å². The highest BCUT2D eigenvalue weighted by Gasteiger charge is 2.22. The van der Waals surface area contributed by atoms with Gasteiger partial charge in [0.05, 0.1) is 0 Å². The fourth-order valence-electron chi connectivity index (χ4n) is 3.93. The third-order valence-corrected chi connectivity index (χ3v) is 5.83. The van der Waals surface area contributed by atoms with E-state index in [9.17, 15) is 4.79 Å². The minimum absolute atomic E-state index is 0. The van der Waals surface area contributed by atoms with Crippen LogP contribution in [0.15, 0.2) is 29.3 Å². The standard InChI is InChI=1S/C23H40N6O.HI/c1-4-29(21-9-7-8-19(2)18-21)17-13-27-23(25-3)26-12-5-6-14-28-15-10-20(11-16-28)22(24)30;/h7-9,18,20H,4-6,10-17H2,1-3H3,(H2,24,30)(H2,25,26,27);1H. The molecule has 1 aromatic carbocycles. The molecule has 0 atom stereocenters. The van der Waals surface area contributed by atoms with E-state index in [0.29, 0.717) is 0 Å². The molecule has 176 valence electrons. The van der Waals surface area contributed by atoms with E-state index in [0.717, 1.165) is 77.5 Å². The summed E-state index contributed by atoms with van der Waals surface area (Å²) in [5.74, 6) is 0.795. The molecule has 0 aromatic heterocycles. The normalized spacial score (nSPS) is 15.3. The molecule has 0 bridgehead atoms. The summed E-state index contributed by atoms with van der Waals surface area (Å²) in [6.45, 7) is 11.0. The lowest BCUT2D eigenvalue weighted by atomic mass is 9.96. The molecule has 1 saturated heterocycles. The number of amides is 1. The molecule has 1 amide bonds. The molecular formula is C23H41IN6O. The van der Waals surface area contributed by atoms with Crippen molar-refractivity contribution in [2.75, 3.05) is 57.8 Å². The number of anilines is 1. The fourth-order valence-corrected chi connectivity index (χ4v) is 3.93. The number of aliphatic imine (C=N–C) groups is 1. The maximum absolute atomic E-state index is 11.2. The minimum atomic E-state index is -0.140. The lowest BCUT2D eigenvalue weighted by Crippen LogP contribution is -2.42. The third-order valence-electron chi connectivity index (χ3n) is 5.83. The van der Waals surface area contributed by atoms with Crippen molar-refractivity contribution < 1.29 is 4.79 Å². The van der Waals surface area contributed by atoms with Crippen LogP contribution in [0.3, 0.4) is 0 Å². The zero-order valence-electron chi connectivity index (χ0n) is 19.4. The Morgan fingerprint density at radius 1 is 1.23 bits per heavy atom. The van der Waals surface area contributed by atoms with E-state index >= 15 is 0 Å². The first kappa shape index (κ1) is 27.5. The van der Waals surface area contributed by atoms with Gasteiger partial charge in [-0.05, 0) is 76.9 Å². The van der Waals surface area contributed by atoms with Crippen LogP contribution in [0, 0.1) is 12.8 Å². The summed E-state index contributed by atoms with van der Waals surface area (Å²) in [4.78, 5) is 20.4. The van der Waals surface area contributed by atoms with Gasteiger partial charge in [-0.2, -0.15) is 0 Å². The van der Waals surface area contributed by atoms with Gasteiger partial charge in [0.1, 0.15) is 0 Å². The number of piperidine rings is 1. The average molecular weight is 545 g/mol. The predicted molar refractivity (Wildman–Crippen MR) is 141 cm³/mol. The number of rotatable bonds is 11. The van der Waals surface area contributed by atoms with Gasteiger partial charge in [0.2, 0.25) is 5.91 Å². The summed E-state index contributed by atoms with van der Waals surface area (Å²) in [6, 6.07) is 8.64. The highest BCUT2D eigenvalue weighted by Crippen LogP contribution is 2.17. The number of nitrogens with zero attached hydrogens (tertiary/aromatic N) is 3. The van der Waals surface area contributed by atoms with Crippen molar-refractivity contribution in [1.29, 1.82) is 0 Å². The highest BCUT2D eigenvalue weighted by molar-refractivity contribution is 14.0. The predicted octanol–water partition coefficient (Wildman–Crippen LogP) is 2.58. The second-order valence-electron chi connectivity index (χ2n) is 8.07. The zero-order chi connectivity index (χ0) is 21.8. The summed E-state index contributed by atoms with van der Waals surface area (Å²) < 4.78 is 0. The van der Waals surface area contributed by atoms with Crippen molar-refractivity contribution in [2.24, 2.45) is 16.6 Å². The number of likely N-dealkylation sites (tertiary alicyclic amines) is 1. The number of nitrogens with one attached hydrogen (secondary N) is 2. The maximum Gasteiger partial charge on any atom is 0.220 e. The SMILES string of the molecule is CCN(CCNC(=NC)NCCCCN1CCC(C(N)=O)CC1)c1cccc(C)c1.I. The van der Waals surface area contributed by atoms with Crippen LogP contribution in [0.25, 0.3) is 0 Å². The summed E-state index contributed by atoms with van der Waals surface area (Å²) in [5, 5.41) is 6.83. The molecule has 1 aliphatic rings. The summed E-state index contributed by atoms with van der Waals surface area (Å²) in [7, 11) is 1.82. The Morgan fingerprint density at radius 3 is 2.55 bits per heavy atom. The Hall–Kier alpha value is -1.55. The van der Waals surface area contributed by atoms with Gasteiger partial charge in [0, 0.05) is 44.8 Å². The maximum atomic E-state index is 11.2. The average Bonchev–Trinajstić information content (AvgIpc) is 2.75. The number of carbonyl (C=O) groups is 1. The first-order valence-corrected chi connectivity index (χ1v) is 11.3. The van der Waals surface area contributed by atoms with Crippen molar-refractivity contribution in [3.63, 3.8) is 0 Å². The van der Waals surface area contributed by atoms with Gasteiger partial charge in [0.25, 0.3) is 0 Å². The molecule has 1 heterocycles. The van der Waals surface area contributed by atoms with Crippen LogP contribution < -0.4 is 21.3 Å². The van der Waals surface area contributed by atoms with Crippen LogP contribution in [0.2, 0.25) is 0 Å². The number of hydrogen-bond donors (Lipinski definition) is 3. The van der Waals surface area contributed by atoms with Gasteiger partial charge in [-0.15, -0.1) is 24.0 Å². The minimum Gasteiger partial charge on any atom is -0.370 e. The number of aryl methyl sites for hydroxylation is 1. The summed E-state index contributed by atoms with van der Waals surface area (Å²) in [6.07, 6.45) is 4.05. The Bertz CT molecular complexity index is 676. The first-order valence-electron chi connectivity index (χ1n) is 11.3. The Kier molecular flexibility index (Phi) is 13.6. The Morgan fingerprint density at radius 2 is 1.94 bits per heavy atom. The lowest BCUT2D eigenvalue weighted by Gasteiger charge is -2.30. The highest BCUT2D eigenvalue weighted by atomic mass is 127. The number of primary amides is 1. The molecule has 1 fully saturated rings. The molecule has 4 N–H and O–H groups in total. The van der Waals surface area contributed by atoms with E-state index in [1.165, 1.54) is 11.3 Å². The molecule has 0 unspecified atom stereocenters. The largest absolute Gasteiger partial charge is 0.370 e. The molecule has 0 aliphatic carbocycles. The topological polar surface area (TPSA) is 86.0 Å². The molecule has 2 rings (SSSR count). The number of carbonyl (C=O) groups excluding carboxylic acids is 1. The van der Waals surface area contributed by atoms with E-state index in [1.54, 1.807) is 0 Å². The van der Waals surface area contributed by atoms with Crippen LogP contribution in [-0.4, -0.2) is 69.6 Å². The molecule has 7 nitrogen and oxygen atoms in total. The second-order valence-corrected chi connectivity index (χ2v) is 8.07. The quantitative estimate of drug-likeness (QED) is 0.173. The number of hydrogen-bond acceptors (Lipinski definition) is 4. The Labute approximate surface area is 205 Å². The van der Waals surface area contributed by atoms with E-state index in [-0.39, 0.29) is 35.8 Å². The molecular weight excluding hydrogens is 503 g/mol. The Balaban J connectivity index is 0.00000480. The van der Waals surface area contributed by atoms with E-state index < -0.39 is 0 Å². The van der Waals surface area contributed by atoms with Crippen molar-refractivity contribution >= 4 is 41.5 Å². The van der Waals surface area contributed by atoms with Gasteiger partial charge in [0.15, 0.2) is 5.96 Å². The van der Waals surface area contributed by atoms with Crippen molar-refractivity contribution in [3.8, 4) is 0 Å². The molecule has 1 aromatic rings. The second kappa shape index (κ2) is 15.3. The van der Waals surface area contributed by atoms with Crippen LogP contribution in [0.1, 0.15) is 38.2 Å². The van der Waals surface area contributed by atoms with Gasteiger partial charge in [-0.25, -0.2) is 0 Å². The first-order chi connectivity index (χ1) is 14.5. The fraction of sp³-hybridized carbons (Fsp3) is 0.652. The third kappa shape index (κ3) is 10.1. The molecule has 31 heavy (non-hydrogen) atoms. The molecule has 0 saturated carbocycles. The summed E-state index contributed by atoms with van der Waals surface area (Å²) >= 11 is 0. The molecule has 0 spiro atoms. The number of nitrogens with two attached hydrogens (primary N) is 1. The van der Waals surface area contributed by atoms with Crippen LogP contribution in [0.5, 0.6) is 0 Å². The van der Waals surface area contributed by atoms with E-state index in [4.69, 9.17) is 5.73 Å². The zero-order valence-corrected chi connectivity index (χ0v) is 21.7. The smallest absolute Gasteiger partial charge is 0.220 e. The van der Waals surface area contributed by atoms with Crippen LogP contribution in [0.4, 0.5) is 5.69 Å². The number of unbranched alkanes of at least 4 members (excludes halogenated alkanes) is 1. The van der Waals surface area contributed by atoms with E-state index in [1.807, 2.05) is 7.05 Å². The lowest BCUT2D eigenvalue weighted by molar-refractivity contribution is -0.123. The van der Waals surface area contributed by atoms with Crippen molar-refractivity contribution in [3.05, 3.63) is 29.8 Å². The van der Waals surface area contributed by atoms with Crippen molar-refractivity contribution in [2.45, 2.75) is 39.5 Å².